The molecule has 0 radical (unpaired) electrons. The first kappa shape index (κ1) is 19.1. The predicted octanol–water partition coefficient (Wildman–Crippen LogP) is 7.37. The van der Waals surface area contributed by atoms with Gasteiger partial charge in [-0.3, -0.25) is 0 Å². The summed E-state index contributed by atoms with van der Waals surface area (Å²) in [5, 5.41) is 1.42. The fraction of sp³-hybridized carbons (Fsp3) is 0.138. The summed E-state index contributed by atoms with van der Waals surface area (Å²) in [7, 11) is 0. The van der Waals surface area contributed by atoms with Crippen LogP contribution in [0, 0.1) is 0 Å². The van der Waals surface area contributed by atoms with E-state index < -0.39 is 21.3 Å². The molecule has 1 aromatic heterocycles. The van der Waals surface area contributed by atoms with Crippen LogP contribution in [0.25, 0.3) is 27.8 Å². The molecule has 4 aromatic rings. The maximum absolute atomic E-state index is 2.51. The topological polar surface area (TPSA) is 4.93 Å². The number of nitrogens with zero attached hydrogens (tertiary/aromatic N) is 1. The summed E-state index contributed by atoms with van der Waals surface area (Å²) in [4.78, 5) is 0. The molecular formula is C29H25NZr. The monoisotopic (exact) mass is 477 g/mol. The molecule has 1 unspecified atom stereocenters. The Hall–Kier alpha value is -2.57. The normalized spacial score (nSPS) is 16.3. The molecule has 0 amide bonds. The van der Waals surface area contributed by atoms with E-state index in [1.54, 1.807) is 17.6 Å². The van der Waals surface area contributed by atoms with Crippen LogP contribution in [0.3, 0.4) is 0 Å². The Morgan fingerprint density at radius 3 is 2.39 bits per heavy atom. The van der Waals surface area contributed by atoms with Crippen molar-refractivity contribution in [3.8, 4) is 16.9 Å². The number of rotatable bonds is 3. The third-order valence-corrected chi connectivity index (χ3v) is 14.8. The second-order valence-corrected chi connectivity index (χ2v) is 16.2. The Morgan fingerprint density at radius 2 is 1.61 bits per heavy atom. The quantitative estimate of drug-likeness (QED) is 0.290. The van der Waals surface area contributed by atoms with Gasteiger partial charge in [0.2, 0.25) is 0 Å². The summed E-state index contributed by atoms with van der Waals surface area (Å²) in [5.41, 5.74) is 8.54. The Balaban J connectivity index is 1.74. The van der Waals surface area contributed by atoms with Gasteiger partial charge in [-0.05, 0) is 0 Å². The van der Waals surface area contributed by atoms with E-state index in [1.807, 2.05) is 0 Å². The third kappa shape index (κ3) is 2.88. The number of para-hydroxylation sites is 2. The zero-order valence-electron chi connectivity index (χ0n) is 18.0. The Kier molecular flexibility index (Phi) is 4.65. The van der Waals surface area contributed by atoms with Crippen molar-refractivity contribution in [1.29, 1.82) is 0 Å². The van der Waals surface area contributed by atoms with E-state index in [1.165, 1.54) is 27.8 Å². The van der Waals surface area contributed by atoms with Crippen LogP contribution in [-0.2, 0) is 21.3 Å². The van der Waals surface area contributed by atoms with Crippen molar-refractivity contribution in [2.45, 2.75) is 23.9 Å². The van der Waals surface area contributed by atoms with Gasteiger partial charge in [0, 0.05) is 0 Å². The van der Waals surface area contributed by atoms with Gasteiger partial charge in [0.15, 0.2) is 0 Å². The molecule has 0 fully saturated rings. The fourth-order valence-electron chi connectivity index (χ4n) is 5.53. The minimum atomic E-state index is -2.11. The number of hydrogen-bond acceptors (Lipinski definition) is 0. The van der Waals surface area contributed by atoms with Gasteiger partial charge in [0.05, 0.1) is 0 Å². The predicted molar refractivity (Wildman–Crippen MR) is 129 cm³/mol. The van der Waals surface area contributed by atoms with Gasteiger partial charge in [-0.25, -0.2) is 0 Å². The Bertz CT molecular complexity index is 1410. The van der Waals surface area contributed by atoms with Gasteiger partial charge in [0.25, 0.3) is 0 Å². The van der Waals surface area contributed by atoms with Crippen molar-refractivity contribution in [2.24, 2.45) is 0 Å². The number of benzene rings is 3. The van der Waals surface area contributed by atoms with E-state index in [4.69, 9.17) is 0 Å². The number of allylic oxidation sites excluding steroid dienone is 4. The molecule has 0 saturated carbocycles. The Morgan fingerprint density at radius 1 is 0.871 bits per heavy atom. The zero-order valence-corrected chi connectivity index (χ0v) is 20.4. The van der Waals surface area contributed by atoms with Crippen LogP contribution in [-0.4, -0.2) is 7.77 Å². The number of aromatic nitrogens is 1. The molecule has 1 atom stereocenters. The molecule has 0 saturated heterocycles. The van der Waals surface area contributed by atoms with Crippen LogP contribution in [0.15, 0.2) is 100 Å². The Labute approximate surface area is 191 Å². The maximum atomic E-state index is 2.51. The molecule has 0 spiro atoms. The van der Waals surface area contributed by atoms with Crippen LogP contribution in [0.5, 0.6) is 0 Å². The summed E-state index contributed by atoms with van der Waals surface area (Å²) in [6, 6.07) is 29.1. The second kappa shape index (κ2) is 7.54. The number of hydrogen-bond donors (Lipinski definition) is 0. The van der Waals surface area contributed by atoms with Crippen LogP contribution in [0.1, 0.15) is 35.0 Å². The standard InChI is InChI=1S/C21H14N.C5H5.C3H6.Zr/c1-2-9-16(10-3-1)22-20-13-7-6-12-18(20)19-14-15-8-4-5-11-17(15)21(19)22;1-2-4-5-3-1;1-3-2;/h1-14H;1-3H,4H2;1-2H3;. The molecule has 1 nitrogen and oxygen atoms in total. The van der Waals surface area contributed by atoms with Crippen LogP contribution < -0.4 is 0 Å². The third-order valence-electron chi connectivity index (χ3n) is 6.69. The molecule has 0 aliphatic heterocycles. The van der Waals surface area contributed by atoms with Crippen LogP contribution >= 0.6 is 0 Å². The van der Waals surface area contributed by atoms with Gasteiger partial charge >= 0.3 is 192 Å². The van der Waals surface area contributed by atoms with Gasteiger partial charge < -0.3 is 0 Å². The van der Waals surface area contributed by atoms with Crippen molar-refractivity contribution >= 4 is 14.1 Å². The van der Waals surface area contributed by atoms with Crippen LogP contribution in [0.4, 0.5) is 0 Å². The average Bonchev–Trinajstić information content (AvgIpc) is 3.51. The summed E-state index contributed by atoms with van der Waals surface area (Å²) in [6.07, 6.45) is 8.19. The molecular weight excluding hydrogens is 454 g/mol. The summed E-state index contributed by atoms with van der Waals surface area (Å²) < 4.78 is 6.46. The molecule has 150 valence electrons. The molecule has 2 heteroatoms. The van der Waals surface area contributed by atoms with Gasteiger partial charge in [0.1, 0.15) is 0 Å². The van der Waals surface area contributed by atoms with E-state index in [0.29, 0.717) is 3.63 Å². The van der Waals surface area contributed by atoms with E-state index >= 15 is 0 Å². The van der Waals surface area contributed by atoms with Gasteiger partial charge in [-0.2, -0.15) is 0 Å². The minimum absolute atomic E-state index is 0.541. The molecule has 2 aliphatic carbocycles. The molecule has 1 heterocycles. The zero-order chi connectivity index (χ0) is 20.9. The average molecular weight is 479 g/mol. The van der Waals surface area contributed by atoms with Crippen molar-refractivity contribution in [3.05, 3.63) is 111 Å². The molecule has 3 aromatic carbocycles. The van der Waals surface area contributed by atoms with Crippen LogP contribution in [0.2, 0.25) is 0 Å². The molecule has 0 bridgehead atoms. The SMILES string of the molecule is C[C](C)=[Zr]([C]1=CC=CC1)[CH]1c2ccccc2-c2c1c1ccccc1n2-c1ccccc1. The van der Waals surface area contributed by atoms with Crippen molar-refractivity contribution in [3.63, 3.8) is 0 Å². The van der Waals surface area contributed by atoms with Gasteiger partial charge in [-0.15, -0.1) is 0 Å². The van der Waals surface area contributed by atoms with Gasteiger partial charge in [-0.1, -0.05) is 0 Å². The van der Waals surface area contributed by atoms with Crippen molar-refractivity contribution < 1.29 is 21.3 Å². The van der Waals surface area contributed by atoms with Crippen molar-refractivity contribution in [1.82, 2.24) is 4.57 Å². The summed E-state index contributed by atoms with van der Waals surface area (Å²) in [6.45, 7) is 4.79. The fourth-order valence-corrected chi connectivity index (χ4v) is 13.8. The van der Waals surface area contributed by atoms with E-state index in [2.05, 4.69) is 116 Å². The van der Waals surface area contributed by atoms with Crippen molar-refractivity contribution in [2.75, 3.05) is 0 Å². The summed E-state index contributed by atoms with van der Waals surface area (Å²) >= 11 is -2.11. The van der Waals surface area contributed by atoms with E-state index in [0.717, 1.165) is 6.42 Å². The van der Waals surface area contributed by atoms with E-state index in [-0.39, 0.29) is 0 Å². The molecule has 2 aliphatic rings. The molecule has 31 heavy (non-hydrogen) atoms. The molecule has 0 N–H and O–H groups in total. The first-order valence-electron chi connectivity index (χ1n) is 11.1. The number of fused-ring (bicyclic) bond motifs is 5. The summed E-state index contributed by atoms with van der Waals surface area (Å²) in [5.74, 6) is 0. The molecule has 6 rings (SSSR count). The van der Waals surface area contributed by atoms with E-state index in [9.17, 15) is 0 Å². The first-order valence-corrected chi connectivity index (χ1v) is 14.9. The first-order chi connectivity index (χ1) is 15.3. The second-order valence-electron chi connectivity index (χ2n) is 8.71.